The lowest BCUT2D eigenvalue weighted by molar-refractivity contribution is -0.136. The first-order chi connectivity index (χ1) is 11.9. The molecule has 0 aromatic heterocycles. The van der Waals surface area contributed by atoms with E-state index in [4.69, 9.17) is 0 Å². The highest BCUT2D eigenvalue weighted by Gasteiger charge is 2.45. The Hall–Kier alpha value is -1.93. The third-order valence-corrected chi connectivity index (χ3v) is 5.56. The Morgan fingerprint density at radius 1 is 1.23 bits per heavy atom. The van der Waals surface area contributed by atoms with Crippen LogP contribution in [0.4, 0.5) is 0 Å². The molecule has 26 heavy (non-hydrogen) atoms. The molecule has 1 aliphatic rings. The van der Waals surface area contributed by atoms with E-state index < -0.39 is 5.60 Å². The van der Waals surface area contributed by atoms with Crippen molar-refractivity contribution in [3.63, 3.8) is 0 Å². The molecule has 0 aliphatic heterocycles. The molecule has 1 aliphatic carbocycles. The van der Waals surface area contributed by atoms with E-state index >= 15 is 0 Å². The van der Waals surface area contributed by atoms with E-state index in [1.54, 1.807) is 6.08 Å². The molecular formula is C24H32O2. The molecule has 0 spiro atoms. The number of rotatable bonds is 6. The summed E-state index contributed by atoms with van der Waals surface area (Å²) in [6.45, 7) is 15.6. The second-order valence-corrected chi connectivity index (χ2v) is 8.87. The van der Waals surface area contributed by atoms with Gasteiger partial charge >= 0.3 is 0 Å². The topological polar surface area (TPSA) is 37.3 Å². The molecule has 2 rings (SSSR count). The molecule has 2 atom stereocenters. The quantitative estimate of drug-likeness (QED) is 0.708. The fraction of sp³-hybridized carbons (Fsp3) is 0.458. The van der Waals surface area contributed by atoms with Gasteiger partial charge in [-0.2, -0.15) is 0 Å². The summed E-state index contributed by atoms with van der Waals surface area (Å²) in [6.07, 6.45) is 8.78. The highest BCUT2D eigenvalue weighted by molar-refractivity contribution is 5.89. The maximum Gasteiger partial charge on any atom is 0.170 e. The van der Waals surface area contributed by atoms with Crippen molar-refractivity contribution >= 4 is 5.78 Å². The van der Waals surface area contributed by atoms with Crippen molar-refractivity contribution in [2.24, 2.45) is 5.92 Å². The minimum Gasteiger partial charge on any atom is -0.383 e. The summed E-state index contributed by atoms with van der Waals surface area (Å²) in [5, 5.41) is 9.97. The largest absolute Gasteiger partial charge is 0.383 e. The van der Waals surface area contributed by atoms with Crippen LogP contribution in [0.3, 0.4) is 0 Å². The summed E-state index contributed by atoms with van der Waals surface area (Å²) in [5.41, 5.74) is 2.49. The summed E-state index contributed by atoms with van der Waals surface area (Å²) in [7, 11) is 0. The highest BCUT2D eigenvalue weighted by Crippen LogP contribution is 2.53. The van der Waals surface area contributed by atoms with E-state index in [0.717, 1.165) is 12.0 Å². The molecule has 0 saturated carbocycles. The molecule has 2 heteroatoms. The molecule has 0 saturated heterocycles. The zero-order valence-corrected chi connectivity index (χ0v) is 17.0. The second-order valence-electron chi connectivity index (χ2n) is 8.87. The number of hydrogen-bond donors (Lipinski definition) is 1. The lowest BCUT2D eigenvalue weighted by Gasteiger charge is -2.30. The first kappa shape index (κ1) is 20.4. The van der Waals surface area contributed by atoms with E-state index in [1.807, 2.05) is 25.2 Å². The SMILES string of the molecule is C=C/C=C(\C=C/C(C)C(=O)C(C)(C)O)C1(C)CC(C)(C)c2ccccc21. The number of allylic oxidation sites excluding steroid dienone is 5. The molecule has 0 amide bonds. The van der Waals surface area contributed by atoms with Gasteiger partial charge in [-0.05, 0) is 42.4 Å². The van der Waals surface area contributed by atoms with Gasteiger partial charge in [-0.25, -0.2) is 0 Å². The number of ketones is 1. The third kappa shape index (κ3) is 3.76. The van der Waals surface area contributed by atoms with Crippen molar-refractivity contribution in [1.29, 1.82) is 0 Å². The minimum atomic E-state index is -1.32. The number of carbonyl (C=O) groups is 1. The normalized spacial score (nSPS) is 23.7. The number of fused-ring (bicyclic) bond motifs is 1. The summed E-state index contributed by atoms with van der Waals surface area (Å²) in [4.78, 5) is 12.3. The molecular weight excluding hydrogens is 320 g/mol. The predicted molar refractivity (Wildman–Crippen MR) is 109 cm³/mol. The van der Waals surface area contributed by atoms with Crippen LogP contribution in [0.1, 0.15) is 59.1 Å². The van der Waals surface area contributed by atoms with E-state index in [0.29, 0.717) is 0 Å². The fourth-order valence-electron chi connectivity index (χ4n) is 4.33. The van der Waals surface area contributed by atoms with Gasteiger partial charge in [-0.3, -0.25) is 4.79 Å². The zero-order chi connectivity index (χ0) is 19.8. The zero-order valence-electron chi connectivity index (χ0n) is 17.0. The smallest absolute Gasteiger partial charge is 0.170 e. The van der Waals surface area contributed by atoms with Gasteiger partial charge in [-0.1, -0.05) is 82.8 Å². The standard InChI is InChI=1S/C24H32O2/c1-8-11-18(15-14-17(2)21(25)23(5,6)26)24(7)16-22(3,4)19-12-9-10-13-20(19)24/h8-15,17,26H,1,16H2,2-7H3/b15-14-,18-11+. The maximum absolute atomic E-state index is 12.3. The molecule has 1 N–H and O–H groups in total. The monoisotopic (exact) mass is 352 g/mol. The van der Waals surface area contributed by atoms with Crippen molar-refractivity contribution in [2.75, 3.05) is 0 Å². The average molecular weight is 353 g/mol. The highest BCUT2D eigenvalue weighted by atomic mass is 16.3. The number of benzene rings is 1. The van der Waals surface area contributed by atoms with Gasteiger partial charge < -0.3 is 5.11 Å². The molecule has 0 heterocycles. The molecule has 1 aromatic rings. The van der Waals surface area contributed by atoms with Gasteiger partial charge in [0.25, 0.3) is 0 Å². The Morgan fingerprint density at radius 3 is 2.35 bits per heavy atom. The van der Waals surface area contributed by atoms with Gasteiger partial charge in [0.1, 0.15) is 5.60 Å². The summed E-state index contributed by atoms with van der Waals surface area (Å²) >= 11 is 0. The van der Waals surface area contributed by atoms with Crippen LogP contribution < -0.4 is 0 Å². The van der Waals surface area contributed by atoms with Crippen molar-refractivity contribution < 1.29 is 9.90 Å². The van der Waals surface area contributed by atoms with Crippen LogP contribution in [0.15, 0.2) is 60.7 Å². The number of Topliss-reactive ketones (excluding diaryl/α,β-unsaturated/α-hetero) is 1. The Morgan fingerprint density at radius 2 is 1.81 bits per heavy atom. The molecule has 0 fully saturated rings. The third-order valence-electron chi connectivity index (χ3n) is 5.56. The van der Waals surface area contributed by atoms with Gasteiger partial charge in [0.05, 0.1) is 0 Å². The number of aliphatic hydroxyl groups is 1. The second kappa shape index (κ2) is 7.00. The Balaban J connectivity index is 2.43. The van der Waals surface area contributed by atoms with E-state index in [2.05, 4.69) is 51.6 Å². The molecule has 0 bridgehead atoms. The fourth-order valence-corrected chi connectivity index (χ4v) is 4.33. The van der Waals surface area contributed by atoms with E-state index in [9.17, 15) is 9.90 Å². The minimum absolute atomic E-state index is 0.0912. The Labute approximate surface area is 158 Å². The first-order valence-electron chi connectivity index (χ1n) is 9.31. The lowest BCUT2D eigenvalue weighted by atomic mass is 9.74. The lowest BCUT2D eigenvalue weighted by Crippen LogP contribution is -2.35. The average Bonchev–Trinajstić information content (AvgIpc) is 2.77. The Bertz CT molecular complexity index is 759. The Kier molecular flexibility index (Phi) is 5.49. The van der Waals surface area contributed by atoms with E-state index in [1.165, 1.54) is 25.0 Å². The molecule has 2 unspecified atom stereocenters. The molecule has 1 aromatic carbocycles. The van der Waals surface area contributed by atoms with Crippen LogP contribution in [-0.4, -0.2) is 16.5 Å². The van der Waals surface area contributed by atoms with Crippen LogP contribution in [0.25, 0.3) is 0 Å². The van der Waals surface area contributed by atoms with Crippen LogP contribution >= 0.6 is 0 Å². The van der Waals surface area contributed by atoms with Gasteiger partial charge in [0, 0.05) is 11.3 Å². The van der Waals surface area contributed by atoms with Gasteiger partial charge in [-0.15, -0.1) is 0 Å². The van der Waals surface area contributed by atoms with Crippen molar-refractivity contribution in [3.05, 3.63) is 71.8 Å². The number of hydrogen-bond acceptors (Lipinski definition) is 2. The van der Waals surface area contributed by atoms with Crippen LogP contribution in [0.5, 0.6) is 0 Å². The molecule has 140 valence electrons. The van der Waals surface area contributed by atoms with Crippen LogP contribution in [0, 0.1) is 5.92 Å². The van der Waals surface area contributed by atoms with Crippen molar-refractivity contribution in [2.45, 2.75) is 64.4 Å². The van der Waals surface area contributed by atoms with Crippen molar-refractivity contribution in [1.82, 2.24) is 0 Å². The van der Waals surface area contributed by atoms with Crippen LogP contribution in [0.2, 0.25) is 0 Å². The first-order valence-corrected chi connectivity index (χ1v) is 9.31. The molecule has 2 nitrogen and oxygen atoms in total. The van der Waals surface area contributed by atoms with Gasteiger partial charge in [0.2, 0.25) is 0 Å². The molecule has 0 radical (unpaired) electrons. The van der Waals surface area contributed by atoms with E-state index in [-0.39, 0.29) is 22.5 Å². The van der Waals surface area contributed by atoms with Crippen molar-refractivity contribution in [3.8, 4) is 0 Å². The van der Waals surface area contributed by atoms with Gasteiger partial charge in [0.15, 0.2) is 5.78 Å². The predicted octanol–water partition coefficient (Wildman–Crippen LogP) is 5.27. The summed E-state index contributed by atoms with van der Waals surface area (Å²) in [5.74, 6) is -0.527. The summed E-state index contributed by atoms with van der Waals surface area (Å²) in [6, 6.07) is 8.62. The summed E-state index contributed by atoms with van der Waals surface area (Å²) < 4.78 is 0. The number of carbonyl (C=O) groups excluding carboxylic acids is 1. The maximum atomic E-state index is 12.3. The van der Waals surface area contributed by atoms with Crippen LogP contribution in [-0.2, 0) is 15.6 Å².